The van der Waals surface area contributed by atoms with Crippen molar-refractivity contribution in [2.75, 3.05) is 18.6 Å². The van der Waals surface area contributed by atoms with Gasteiger partial charge in [0.2, 0.25) is 5.89 Å². The van der Waals surface area contributed by atoms with Gasteiger partial charge >= 0.3 is 0 Å². The van der Waals surface area contributed by atoms with Crippen LogP contribution in [0.2, 0.25) is 0 Å². The smallest absolute Gasteiger partial charge is 0.232 e. The number of hydrogen-bond acceptors (Lipinski definition) is 5. The fourth-order valence-corrected chi connectivity index (χ4v) is 4.73. The van der Waals surface area contributed by atoms with Crippen molar-refractivity contribution in [1.29, 1.82) is 0 Å². The lowest BCUT2D eigenvalue weighted by molar-refractivity contribution is 0.313. The summed E-state index contributed by atoms with van der Waals surface area (Å²) < 4.78 is 5.55. The predicted molar refractivity (Wildman–Crippen MR) is 77.6 cm³/mol. The summed E-state index contributed by atoms with van der Waals surface area (Å²) in [7, 11) is 2.02. The molecule has 4 unspecified atom stereocenters. The maximum absolute atomic E-state index is 5.55. The normalized spacial score (nSPS) is 35.7. The van der Waals surface area contributed by atoms with E-state index >= 15 is 0 Å². The van der Waals surface area contributed by atoms with E-state index in [1.165, 1.54) is 25.7 Å². The van der Waals surface area contributed by atoms with E-state index in [2.05, 4.69) is 17.4 Å². The van der Waals surface area contributed by atoms with Crippen molar-refractivity contribution in [3.63, 3.8) is 0 Å². The zero-order valence-electron chi connectivity index (χ0n) is 11.8. The van der Waals surface area contributed by atoms with Gasteiger partial charge in [-0.3, -0.25) is 0 Å². The number of thioether (sulfide) groups is 1. The van der Waals surface area contributed by atoms with Crippen LogP contribution in [0.15, 0.2) is 4.52 Å². The first kappa shape index (κ1) is 13.4. The van der Waals surface area contributed by atoms with Gasteiger partial charge in [-0.1, -0.05) is 24.9 Å². The summed E-state index contributed by atoms with van der Waals surface area (Å²) in [5.74, 6) is 5.73. The third-order valence-electron chi connectivity index (χ3n) is 4.53. The van der Waals surface area contributed by atoms with E-state index in [0.29, 0.717) is 17.9 Å². The first-order valence-corrected chi connectivity index (χ1v) is 8.52. The molecule has 1 aliphatic heterocycles. The van der Waals surface area contributed by atoms with Crippen LogP contribution in [0.4, 0.5) is 0 Å². The van der Waals surface area contributed by atoms with Crippen molar-refractivity contribution in [3.8, 4) is 0 Å². The quantitative estimate of drug-likeness (QED) is 0.923. The van der Waals surface area contributed by atoms with Gasteiger partial charge in [0.05, 0.1) is 5.92 Å². The Bertz CT molecular complexity index is 423. The van der Waals surface area contributed by atoms with Crippen LogP contribution in [0.25, 0.3) is 0 Å². The van der Waals surface area contributed by atoms with Gasteiger partial charge in [-0.15, -0.1) is 0 Å². The van der Waals surface area contributed by atoms with E-state index in [1.54, 1.807) is 0 Å². The second-order valence-corrected chi connectivity index (χ2v) is 7.07. The third kappa shape index (κ3) is 2.82. The summed E-state index contributed by atoms with van der Waals surface area (Å²) in [6.07, 6.45) is 5.09. The van der Waals surface area contributed by atoms with E-state index in [1.807, 2.05) is 18.8 Å². The minimum atomic E-state index is 0.386. The van der Waals surface area contributed by atoms with Crippen LogP contribution in [-0.2, 0) is 0 Å². The van der Waals surface area contributed by atoms with Crippen molar-refractivity contribution >= 4 is 11.8 Å². The summed E-state index contributed by atoms with van der Waals surface area (Å²) in [6.45, 7) is 2.33. The van der Waals surface area contributed by atoms with Crippen LogP contribution in [0.3, 0.4) is 0 Å². The van der Waals surface area contributed by atoms with Crippen LogP contribution < -0.4 is 5.32 Å². The molecule has 1 N–H and O–H groups in total. The maximum Gasteiger partial charge on any atom is 0.232 e. The second-order valence-electron chi connectivity index (χ2n) is 6.00. The molecule has 2 heterocycles. The zero-order valence-corrected chi connectivity index (χ0v) is 12.6. The van der Waals surface area contributed by atoms with Crippen molar-refractivity contribution in [2.24, 2.45) is 5.92 Å². The lowest BCUT2D eigenvalue weighted by Gasteiger charge is -2.23. The van der Waals surface area contributed by atoms with E-state index in [4.69, 9.17) is 9.51 Å². The molecule has 1 saturated heterocycles. The molecule has 5 heteroatoms. The highest BCUT2D eigenvalue weighted by atomic mass is 32.2. The molecule has 0 spiro atoms. The highest BCUT2D eigenvalue weighted by Gasteiger charge is 2.33. The van der Waals surface area contributed by atoms with Crippen molar-refractivity contribution in [2.45, 2.75) is 50.5 Å². The molecule has 1 aromatic rings. The molecule has 2 fully saturated rings. The largest absolute Gasteiger partial charge is 0.339 e. The minimum absolute atomic E-state index is 0.386. The number of nitrogens with zero attached hydrogens (tertiary/aromatic N) is 2. The van der Waals surface area contributed by atoms with Crippen LogP contribution in [0, 0.1) is 5.92 Å². The summed E-state index contributed by atoms with van der Waals surface area (Å²) >= 11 is 1.96. The van der Waals surface area contributed by atoms with Crippen molar-refractivity contribution < 1.29 is 4.52 Å². The Balaban J connectivity index is 1.72. The van der Waals surface area contributed by atoms with E-state index in [-0.39, 0.29) is 0 Å². The van der Waals surface area contributed by atoms with Gasteiger partial charge in [0, 0.05) is 23.5 Å². The Labute approximate surface area is 119 Å². The first-order chi connectivity index (χ1) is 9.28. The molecular formula is C14H23N3OS. The maximum atomic E-state index is 5.55. The van der Waals surface area contributed by atoms with Crippen LogP contribution >= 0.6 is 11.8 Å². The number of rotatable bonds is 3. The van der Waals surface area contributed by atoms with Crippen molar-refractivity contribution in [3.05, 3.63) is 11.7 Å². The Morgan fingerprint density at radius 2 is 2.21 bits per heavy atom. The summed E-state index contributed by atoms with van der Waals surface area (Å²) in [6, 6.07) is 0.476. The van der Waals surface area contributed by atoms with E-state index in [0.717, 1.165) is 29.1 Å². The average Bonchev–Trinajstić information content (AvgIpc) is 3.07. The van der Waals surface area contributed by atoms with Gasteiger partial charge in [-0.05, 0) is 25.8 Å². The van der Waals surface area contributed by atoms with Gasteiger partial charge in [-0.2, -0.15) is 16.7 Å². The molecular weight excluding hydrogens is 258 g/mol. The molecule has 1 saturated carbocycles. The van der Waals surface area contributed by atoms with Crippen molar-refractivity contribution in [1.82, 2.24) is 15.5 Å². The highest BCUT2D eigenvalue weighted by molar-refractivity contribution is 7.99. The molecule has 19 heavy (non-hydrogen) atoms. The summed E-state index contributed by atoms with van der Waals surface area (Å²) in [5.41, 5.74) is 0. The number of aromatic nitrogens is 2. The molecule has 4 nitrogen and oxygen atoms in total. The lowest BCUT2D eigenvalue weighted by Crippen LogP contribution is -2.31. The fraction of sp³-hybridized carbons (Fsp3) is 0.857. The van der Waals surface area contributed by atoms with Gasteiger partial charge in [0.1, 0.15) is 0 Å². The Morgan fingerprint density at radius 1 is 1.32 bits per heavy atom. The topological polar surface area (TPSA) is 51.0 Å². The Hall–Kier alpha value is -0.550. The SMILES string of the molecule is CNC1CSCC1c1nc(C2CCCC(C)C2)no1. The van der Waals surface area contributed by atoms with Gasteiger partial charge in [-0.25, -0.2) is 0 Å². The fourth-order valence-electron chi connectivity index (χ4n) is 3.31. The zero-order chi connectivity index (χ0) is 13.2. The average molecular weight is 281 g/mol. The number of hydrogen-bond donors (Lipinski definition) is 1. The van der Waals surface area contributed by atoms with Crippen LogP contribution in [-0.4, -0.2) is 34.7 Å². The molecule has 3 rings (SSSR count). The van der Waals surface area contributed by atoms with E-state index < -0.39 is 0 Å². The van der Waals surface area contributed by atoms with Gasteiger partial charge < -0.3 is 9.84 Å². The summed E-state index contributed by atoms with van der Waals surface area (Å²) in [4.78, 5) is 4.72. The van der Waals surface area contributed by atoms with Gasteiger partial charge in [0.15, 0.2) is 5.82 Å². The number of nitrogens with one attached hydrogen (secondary N) is 1. The third-order valence-corrected chi connectivity index (χ3v) is 5.72. The first-order valence-electron chi connectivity index (χ1n) is 7.36. The molecule has 1 aromatic heterocycles. The minimum Gasteiger partial charge on any atom is -0.339 e. The molecule has 2 aliphatic rings. The van der Waals surface area contributed by atoms with Crippen LogP contribution in [0.5, 0.6) is 0 Å². The highest BCUT2D eigenvalue weighted by Crippen LogP contribution is 2.36. The molecule has 106 valence electrons. The van der Waals surface area contributed by atoms with E-state index in [9.17, 15) is 0 Å². The Kier molecular flexibility index (Phi) is 4.12. The molecule has 0 bridgehead atoms. The second kappa shape index (κ2) is 5.83. The molecule has 0 radical (unpaired) electrons. The predicted octanol–water partition coefficient (Wildman–Crippen LogP) is 2.78. The molecule has 1 aliphatic carbocycles. The monoisotopic (exact) mass is 281 g/mol. The summed E-state index contributed by atoms with van der Waals surface area (Å²) in [5, 5.41) is 7.62. The van der Waals surface area contributed by atoms with Crippen LogP contribution in [0.1, 0.15) is 56.2 Å². The van der Waals surface area contributed by atoms with Gasteiger partial charge in [0.25, 0.3) is 0 Å². The number of likely N-dealkylation sites (N-methyl/N-ethyl adjacent to an activating group) is 1. The lowest BCUT2D eigenvalue weighted by atomic mass is 9.82. The molecule has 4 atom stereocenters. The Morgan fingerprint density at radius 3 is 3.00 bits per heavy atom. The molecule has 0 amide bonds. The standard InChI is InChI=1S/C14H23N3OS/c1-9-4-3-5-10(6-9)13-16-14(18-17-13)11-7-19-8-12(11)15-2/h9-12,15H,3-8H2,1-2H3. The molecule has 0 aromatic carbocycles.